The first-order valence-corrected chi connectivity index (χ1v) is 12.4. The molecule has 0 saturated carbocycles. The van der Waals surface area contributed by atoms with Crippen molar-refractivity contribution in [2.45, 2.75) is 34.1 Å². The van der Waals surface area contributed by atoms with Crippen molar-refractivity contribution in [2.75, 3.05) is 11.1 Å². The minimum absolute atomic E-state index is 0.0724. The van der Waals surface area contributed by atoms with Crippen LogP contribution in [0, 0.1) is 23.7 Å². The molecule has 0 aliphatic carbocycles. The number of amides is 1. The molecule has 0 radical (unpaired) electrons. The van der Waals surface area contributed by atoms with Crippen LogP contribution in [0.3, 0.4) is 0 Å². The van der Waals surface area contributed by atoms with Gasteiger partial charge < -0.3 is 27.2 Å². The molecule has 0 bridgehead atoms. The number of nitrogens with zero attached hydrogens (tertiary/aromatic N) is 3. The molecule has 4 rings (SSSR count). The van der Waals surface area contributed by atoms with Crippen LogP contribution in [0.5, 0.6) is 0 Å². The van der Waals surface area contributed by atoms with Gasteiger partial charge in [0.15, 0.2) is 5.70 Å². The number of anilines is 3. The highest BCUT2D eigenvalue weighted by molar-refractivity contribution is 6.17. The molecule has 2 heterocycles. The zero-order chi connectivity index (χ0) is 28.3. The topological polar surface area (TPSA) is 170 Å². The second-order valence-corrected chi connectivity index (χ2v) is 9.27. The normalized spacial score (nSPS) is 13.1. The number of H-pyrrole nitrogens is 1. The van der Waals surface area contributed by atoms with E-state index in [0.717, 1.165) is 38.5 Å². The summed E-state index contributed by atoms with van der Waals surface area (Å²) in [7, 11) is 0. The SMILES string of the molecule is CC/C(C)=c1/c(=C(\N=C(C)c2ccc(C)cc2Nc2ccnc(C#N)c2)C(N)=O)[nH]c2ccc(N)c(C=N)c12. The highest BCUT2D eigenvalue weighted by Crippen LogP contribution is 2.24. The van der Waals surface area contributed by atoms with Crippen molar-refractivity contribution < 1.29 is 4.79 Å². The average Bonchev–Trinajstić information content (AvgIpc) is 3.30. The van der Waals surface area contributed by atoms with Crippen molar-refractivity contribution >= 4 is 57.1 Å². The van der Waals surface area contributed by atoms with Gasteiger partial charge >= 0.3 is 0 Å². The second kappa shape index (κ2) is 11.0. The molecule has 0 aliphatic heterocycles. The van der Waals surface area contributed by atoms with E-state index in [2.05, 4.69) is 15.3 Å². The molecule has 39 heavy (non-hydrogen) atoms. The predicted molar refractivity (Wildman–Crippen MR) is 157 cm³/mol. The van der Waals surface area contributed by atoms with Crippen LogP contribution in [0.4, 0.5) is 17.1 Å². The fourth-order valence-electron chi connectivity index (χ4n) is 4.53. The monoisotopic (exact) mass is 518 g/mol. The molecule has 4 aromatic rings. The third kappa shape index (κ3) is 5.26. The lowest BCUT2D eigenvalue weighted by Gasteiger charge is -2.13. The van der Waals surface area contributed by atoms with E-state index in [-0.39, 0.29) is 5.70 Å². The van der Waals surface area contributed by atoms with Crippen LogP contribution in [0.2, 0.25) is 0 Å². The molecule has 0 aliphatic rings. The summed E-state index contributed by atoms with van der Waals surface area (Å²) in [6, 6.07) is 14.9. The summed E-state index contributed by atoms with van der Waals surface area (Å²) in [5, 5.41) is 22.5. The van der Waals surface area contributed by atoms with Crippen LogP contribution in [-0.4, -0.2) is 27.8 Å². The summed E-state index contributed by atoms with van der Waals surface area (Å²) >= 11 is 0. The average molecular weight is 519 g/mol. The van der Waals surface area contributed by atoms with Crippen LogP contribution in [-0.2, 0) is 4.79 Å². The number of aromatic nitrogens is 2. The summed E-state index contributed by atoms with van der Waals surface area (Å²) in [6.07, 6.45) is 3.50. The number of hydrogen-bond acceptors (Lipinski definition) is 7. The number of nitrogens with two attached hydrogens (primary N) is 2. The number of aryl methyl sites for hydroxylation is 1. The lowest BCUT2D eigenvalue weighted by molar-refractivity contribution is -0.113. The number of rotatable bonds is 7. The van der Waals surface area contributed by atoms with Gasteiger partial charge in [-0.25, -0.2) is 9.98 Å². The highest BCUT2D eigenvalue weighted by atomic mass is 16.1. The van der Waals surface area contributed by atoms with Gasteiger partial charge in [-0.2, -0.15) is 5.26 Å². The van der Waals surface area contributed by atoms with Gasteiger partial charge in [0.2, 0.25) is 0 Å². The van der Waals surface area contributed by atoms with Crippen molar-refractivity contribution in [3.63, 3.8) is 0 Å². The molecule has 0 unspecified atom stereocenters. The Morgan fingerprint density at radius 2 is 2.00 bits per heavy atom. The molecular formula is C30H30N8O. The van der Waals surface area contributed by atoms with E-state index in [9.17, 15) is 10.1 Å². The molecule has 0 fully saturated rings. The molecule has 196 valence electrons. The fourth-order valence-corrected chi connectivity index (χ4v) is 4.53. The summed E-state index contributed by atoms with van der Waals surface area (Å²) in [5.41, 5.74) is 19.0. The van der Waals surface area contributed by atoms with Gasteiger partial charge in [-0.05, 0) is 63.1 Å². The molecule has 9 nitrogen and oxygen atoms in total. The van der Waals surface area contributed by atoms with E-state index in [4.69, 9.17) is 21.9 Å². The van der Waals surface area contributed by atoms with Crippen LogP contribution >= 0.6 is 0 Å². The maximum Gasteiger partial charge on any atom is 0.269 e. The van der Waals surface area contributed by atoms with Crippen molar-refractivity contribution in [3.05, 3.63) is 81.6 Å². The van der Waals surface area contributed by atoms with Gasteiger partial charge in [-0.3, -0.25) is 4.79 Å². The largest absolute Gasteiger partial charge is 0.398 e. The van der Waals surface area contributed by atoms with E-state index in [0.29, 0.717) is 40.1 Å². The zero-order valence-corrected chi connectivity index (χ0v) is 22.3. The third-order valence-electron chi connectivity index (χ3n) is 6.61. The molecule has 1 amide bonds. The zero-order valence-electron chi connectivity index (χ0n) is 22.3. The van der Waals surface area contributed by atoms with Crippen LogP contribution in [0.15, 0.2) is 53.7 Å². The Hall–Kier alpha value is -5.23. The van der Waals surface area contributed by atoms with Crippen LogP contribution in [0.1, 0.15) is 49.6 Å². The van der Waals surface area contributed by atoms with Crippen LogP contribution in [0.25, 0.3) is 22.2 Å². The first kappa shape index (κ1) is 26.8. The lowest BCUT2D eigenvalue weighted by Crippen LogP contribution is -2.32. The number of nitrogens with one attached hydrogen (secondary N) is 3. The fraction of sp³-hybridized carbons (Fsp3) is 0.167. The van der Waals surface area contributed by atoms with E-state index in [1.807, 2.05) is 58.0 Å². The Balaban J connectivity index is 2.00. The third-order valence-corrected chi connectivity index (χ3v) is 6.61. The number of carbonyl (C=O) groups is 1. The minimum atomic E-state index is -0.690. The quantitative estimate of drug-likeness (QED) is 0.185. The maximum atomic E-state index is 12.9. The Morgan fingerprint density at radius 1 is 1.23 bits per heavy atom. The molecule has 7 N–H and O–H groups in total. The second-order valence-electron chi connectivity index (χ2n) is 9.27. The van der Waals surface area contributed by atoms with E-state index in [1.165, 1.54) is 6.21 Å². The number of hydrogen-bond donors (Lipinski definition) is 5. The molecule has 0 spiro atoms. The lowest BCUT2D eigenvalue weighted by atomic mass is 10.0. The number of aliphatic imine (C=N–C) groups is 1. The predicted octanol–water partition coefficient (Wildman–Crippen LogP) is 3.75. The number of carbonyl (C=O) groups excluding carboxylic acids is 1. The van der Waals surface area contributed by atoms with Gasteiger partial charge in [0, 0.05) is 62.4 Å². The van der Waals surface area contributed by atoms with Gasteiger partial charge in [0.25, 0.3) is 5.91 Å². The number of nitrogen functional groups attached to an aromatic ring is 1. The number of benzene rings is 2. The van der Waals surface area contributed by atoms with Crippen molar-refractivity contribution in [3.8, 4) is 6.07 Å². The van der Waals surface area contributed by atoms with E-state index in [1.54, 1.807) is 24.4 Å². The maximum absolute atomic E-state index is 12.9. The summed E-state index contributed by atoms with van der Waals surface area (Å²) in [4.78, 5) is 25.0. The summed E-state index contributed by atoms with van der Waals surface area (Å²) < 4.78 is 0. The number of nitriles is 1. The highest BCUT2D eigenvalue weighted by Gasteiger charge is 2.16. The van der Waals surface area contributed by atoms with Crippen molar-refractivity contribution in [1.29, 1.82) is 10.7 Å². The Bertz CT molecular complexity index is 1820. The summed E-state index contributed by atoms with van der Waals surface area (Å²) in [5.74, 6) is -0.690. The molecule has 2 aromatic heterocycles. The van der Waals surface area contributed by atoms with Gasteiger partial charge in [-0.1, -0.05) is 24.6 Å². The molecule has 9 heteroatoms. The van der Waals surface area contributed by atoms with Crippen molar-refractivity contribution in [1.82, 2.24) is 9.97 Å². The number of fused-ring (bicyclic) bond motifs is 1. The number of pyridine rings is 1. The Kier molecular flexibility index (Phi) is 7.58. The summed E-state index contributed by atoms with van der Waals surface area (Å²) in [6.45, 7) is 7.78. The smallest absolute Gasteiger partial charge is 0.269 e. The first-order chi connectivity index (χ1) is 18.7. The molecule has 0 saturated heterocycles. The Morgan fingerprint density at radius 3 is 2.67 bits per heavy atom. The standard InChI is InChI=1S/C30H30N8O/c1-5-17(3)26-27-22(15-32)23(33)8-9-24(27)38-28(26)29(30(34)39)36-18(4)21-7-6-16(2)12-25(21)37-19-10-11-35-20(13-19)14-31/h6-13,15,32,38H,5,33H2,1-4H3,(H2,34,39)(H,35,37)/b26-17+,29-28+,32-15?,36-18?. The van der Waals surface area contributed by atoms with E-state index < -0.39 is 5.91 Å². The minimum Gasteiger partial charge on any atom is -0.398 e. The molecular weight excluding hydrogens is 488 g/mol. The Labute approximate surface area is 226 Å². The molecule has 0 atom stereocenters. The number of primary amides is 1. The van der Waals surface area contributed by atoms with Crippen LogP contribution < -0.4 is 27.4 Å². The number of aromatic amines is 1. The van der Waals surface area contributed by atoms with Crippen molar-refractivity contribution in [2.24, 2.45) is 10.7 Å². The van der Waals surface area contributed by atoms with Gasteiger partial charge in [-0.15, -0.1) is 0 Å². The first-order valence-electron chi connectivity index (χ1n) is 12.4. The van der Waals surface area contributed by atoms with Gasteiger partial charge in [0.05, 0.1) is 5.35 Å². The van der Waals surface area contributed by atoms with Gasteiger partial charge in [0.1, 0.15) is 11.8 Å². The van der Waals surface area contributed by atoms with E-state index >= 15 is 0 Å². The molecule has 2 aromatic carbocycles.